The van der Waals surface area contributed by atoms with Crippen LogP contribution in [-0.4, -0.2) is 5.11 Å². The quantitative estimate of drug-likeness (QED) is 0.696. The molecule has 0 heterocycles. The molecule has 0 aliphatic rings. The van der Waals surface area contributed by atoms with Gasteiger partial charge in [-0.3, -0.25) is 0 Å². The van der Waals surface area contributed by atoms with Gasteiger partial charge in [0.1, 0.15) is 5.75 Å². The van der Waals surface area contributed by atoms with Gasteiger partial charge in [0.2, 0.25) is 5.82 Å². The van der Waals surface area contributed by atoms with Gasteiger partial charge in [-0.1, -0.05) is 37.9 Å². The van der Waals surface area contributed by atoms with Gasteiger partial charge < -0.3 is 9.84 Å². The molecule has 0 spiro atoms. The number of aliphatic hydroxyl groups is 1. The van der Waals surface area contributed by atoms with Gasteiger partial charge in [0.15, 0.2) is 11.6 Å². The van der Waals surface area contributed by atoms with E-state index in [9.17, 15) is 13.9 Å². The summed E-state index contributed by atoms with van der Waals surface area (Å²) in [5, 5.41) is 9.52. The Kier molecular flexibility index (Phi) is 4.78. The monoisotopic (exact) mass is 406 g/mol. The van der Waals surface area contributed by atoms with Crippen LogP contribution in [-0.2, 0) is 0 Å². The van der Waals surface area contributed by atoms with Gasteiger partial charge in [0.05, 0.1) is 6.10 Å². The number of benzene rings is 2. The lowest BCUT2D eigenvalue weighted by atomic mass is 10.1. The average Bonchev–Trinajstić information content (AvgIpc) is 2.35. The Labute approximate surface area is 131 Å². The molecule has 0 bridgehead atoms. The molecule has 0 amide bonds. The summed E-state index contributed by atoms with van der Waals surface area (Å²) in [4.78, 5) is 0. The second-order valence-corrected chi connectivity index (χ2v) is 5.93. The van der Waals surface area contributed by atoms with Gasteiger partial charge in [-0.05, 0) is 36.8 Å². The summed E-state index contributed by atoms with van der Waals surface area (Å²) in [5.41, 5.74) is 0.679. The van der Waals surface area contributed by atoms with Crippen molar-refractivity contribution >= 4 is 31.9 Å². The van der Waals surface area contributed by atoms with Gasteiger partial charge in [-0.25, -0.2) is 4.39 Å². The summed E-state index contributed by atoms with van der Waals surface area (Å²) in [5.74, 6) is -1.93. The van der Waals surface area contributed by atoms with Crippen LogP contribution in [0.3, 0.4) is 0 Å². The van der Waals surface area contributed by atoms with Gasteiger partial charge >= 0.3 is 0 Å². The molecule has 0 saturated carbocycles. The van der Waals surface area contributed by atoms with Crippen LogP contribution in [0.15, 0.2) is 39.3 Å². The number of aliphatic hydroxyl groups excluding tert-OH is 1. The van der Waals surface area contributed by atoms with Crippen molar-refractivity contribution in [1.82, 2.24) is 0 Å². The smallest absolute Gasteiger partial charge is 0.201 e. The van der Waals surface area contributed by atoms with E-state index in [4.69, 9.17) is 4.74 Å². The fourth-order valence-electron chi connectivity index (χ4n) is 1.64. The molecule has 2 nitrogen and oxygen atoms in total. The van der Waals surface area contributed by atoms with Crippen LogP contribution < -0.4 is 4.74 Å². The van der Waals surface area contributed by atoms with E-state index in [0.717, 1.165) is 6.07 Å². The van der Waals surface area contributed by atoms with Crippen molar-refractivity contribution in [3.63, 3.8) is 0 Å². The number of halogens is 4. The van der Waals surface area contributed by atoms with Crippen molar-refractivity contribution in [2.24, 2.45) is 0 Å². The molecule has 2 aromatic rings. The predicted molar refractivity (Wildman–Crippen MR) is 78.9 cm³/mol. The van der Waals surface area contributed by atoms with Crippen molar-refractivity contribution in [3.8, 4) is 11.5 Å². The maximum atomic E-state index is 13.6. The number of ether oxygens (including phenoxy) is 1. The maximum absolute atomic E-state index is 13.6. The van der Waals surface area contributed by atoms with E-state index in [1.165, 1.54) is 6.07 Å². The van der Waals surface area contributed by atoms with Crippen LogP contribution >= 0.6 is 31.9 Å². The van der Waals surface area contributed by atoms with Crippen LogP contribution in [0.2, 0.25) is 0 Å². The molecule has 0 saturated heterocycles. The first-order valence-electron chi connectivity index (χ1n) is 5.68. The Hall–Kier alpha value is -0.980. The first-order valence-corrected chi connectivity index (χ1v) is 7.27. The summed E-state index contributed by atoms with van der Waals surface area (Å²) in [6, 6.07) is 7.17. The van der Waals surface area contributed by atoms with E-state index in [0.29, 0.717) is 20.3 Å². The predicted octanol–water partition coefficient (Wildman–Crippen LogP) is 5.34. The summed E-state index contributed by atoms with van der Waals surface area (Å²) in [7, 11) is 0. The zero-order valence-corrected chi connectivity index (χ0v) is 13.5. The average molecular weight is 408 g/mol. The van der Waals surface area contributed by atoms with E-state index in [-0.39, 0.29) is 5.75 Å². The molecule has 0 fully saturated rings. The molecule has 2 rings (SSSR count). The Morgan fingerprint density at radius 3 is 2.45 bits per heavy atom. The summed E-state index contributed by atoms with van der Waals surface area (Å²) < 4.78 is 33.2. The first kappa shape index (κ1) is 15.4. The minimum atomic E-state index is -1.05. The highest BCUT2D eigenvalue weighted by Gasteiger charge is 2.13. The molecule has 106 valence electrons. The topological polar surface area (TPSA) is 29.5 Å². The Balaban J connectivity index is 2.33. The van der Waals surface area contributed by atoms with Gasteiger partial charge in [-0.15, -0.1) is 0 Å². The molecule has 6 heteroatoms. The Morgan fingerprint density at radius 2 is 1.85 bits per heavy atom. The van der Waals surface area contributed by atoms with Crippen molar-refractivity contribution in [3.05, 3.63) is 56.5 Å². The molecule has 20 heavy (non-hydrogen) atoms. The highest BCUT2D eigenvalue weighted by molar-refractivity contribution is 9.10. The van der Waals surface area contributed by atoms with Crippen LogP contribution in [0, 0.1) is 11.6 Å². The molecule has 0 radical (unpaired) electrons. The largest absolute Gasteiger partial charge is 0.454 e. The second-order valence-electron chi connectivity index (χ2n) is 4.16. The van der Waals surface area contributed by atoms with Crippen LogP contribution in [0.1, 0.15) is 18.6 Å². The van der Waals surface area contributed by atoms with Crippen molar-refractivity contribution in [2.75, 3.05) is 0 Å². The van der Waals surface area contributed by atoms with Gasteiger partial charge in [0, 0.05) is 8.95 Å². The number of rotatable bonds is 3. The highest BCUT2D eigenvalue weighted by atomic mass is 79.9. The van der Waals surface area contributed by atoms with Crippen LogP contribution in [0.25, 0.3) is 0 Å². The third-order valence-electron chi connectivity index (χ3n) is 2.61. The minimum absolute atomic E-state index is 0.214. The molecule has 0 aromatic heterocycles. The highest BCUT2D eigenvalue weighted by Crippen LogP contribution is 2.33. The normalized spacial score (nSPS) is 12.3. The zero-order valence-electron chi connectivity index (χ0n) is 10.3. The first-order chi connectivity index (χ1) is 9.38. The van der Waals surface area contributed by atoms with Gasteiger partial charge in [-0.2, -0.15) is 4.39 Å². The van der Waals surface area contributed by atoms with Crippen LogP contribution in [0.4, 0.5) is 8.78 Å². The molecule has 0 aliphatic heterocycles. The second kappa shape index (κ2) is 6.20. The minimum Gasteiger partial charge on any atom is -0.454 e. The molecule has 1 N–H and O–H groups in total. The van der Waals surface area contributed by atoms with Crippen molar-refractivity contribution in [1.29, 1.82) is 0 Å². The van der Waals surface area contributed by atoms with E-state index in [1.807, 2.05) is 0 Å². The third kappa shape index (κ3) is 3.37. The SMILES string of the molecule is CC(O)c1ccc(Oc2cc(Br)cc(F)c2F)cc1Br. The maximum Gasteiger partial charge on any atom is 0.201 e. The third-order valence-corrected chi connectivity index (χ3v) is 3.75. The van der Waals surface area contributed by atoms with Crippen molar-refractivity contribution < 1.29 is 18.6 Å². The molecular weight excluding hydrogens is 398 g/mol. The lowest BCUT2D eigenvalue weighted by Crippen LogP contribution is -1.95. The number of hydrogen-bond acceptors (Lipinski definition) is 2. The standard InChI is InChI=1S/C14H10Br2F2O2/c1-7(19)10-3-2-9(6-11(10)16)20-13-5-8(15)4-12(17)14(13)18/h2-7,19H,1H3. The lowest BCUT2D eigenvalue weighted by Gasteiger charge is -2.11. The molecule has 1 unspecified atom stereocenters. The fourth-order valence-corrected chi connectivity index (χ4v) is 2.74. The molecule has 1 atom stereocenters. The summed E-state index contributed by atoms with van der Waals surface area (Å²) in [6.07, 6.45) is -0.640. The summed E-state index contributed by atoms with van der Waals surface area (Å²) in [6.45, 7) is 1.63. The molecular formula is C14H10Br2F2O2. The van der Waals surface area contributed by atoms with E-state index < -0.39 is 17.7 Å². The molecule has 2 aromatic carbocycles. The van der Waals surface area contributed by atoms with Gasteiger partial charge in [0.25, 0.3) is 0 Å². The number of hydrogen-bond donors (Lipinski definition) is 1. The summed E-state index contributed by atoms with van der Waals surface area (Å²) >= 11 is 6.37. The molecule has 0 aliphatic carbocycles. The van der Waals surface area contributed by atoms with Crippen molar-refractivity contribution in [2.45, 2.75) is 13.0 Å². The van der Waals surface area contributed by atoms with E-state index >= 15 is 0 Å². The Morgan fingerprint density at radius 1 is 1.15 bits per heavy atom. The zero-order chi connectivity index (χ0) is 14.9. The fraction of sp³-hybridized carbons (Fsp3) is 0.143. The van der Waals surface area contributed by atoms with E-state index in [2.05, 4.69) is 31.9 Å². The van der Waals surface area contributed by atoms with E-state index in [1.54, 1.807) is 25.1 Å². The Bertz CT molecular complexity index is 645. The van der Waals surface area contributed by atoms with Crippen LogP contribution in [0.5, 0.6) is 11.5 Å². The lowest BCUT2D eigenvalue weighted by molar-refractivity contribution is 0.198.